The highest BCUT2D eigenvalue weighted by molar-refractivity contribution is 5.68. The van der Waals surface area contributed by atoms with E-state index in [1.807, 2.05) is 32.9 Å². The fourth-order valence-electron chi connectivity index (χ4n) is 3.23. The molecule has 138 valence electrons. The van der Waals surface area contributed by atoms with E-state index in [2.05, 4.69) is 16.8 Å². The second kappa shape index (κ2) is 7.10. The van der Waals surface area contributed by atoms with Crippen molar-refractivity contribution in [2.45, 2.75) is 52.2 Å². The SMILES string of the molecule is CC1CC(Oc2cc(N3CCN(C(=O)OC(C)(C)C)CC3)ccn2)C1. The van der Waals surface area contributed by atoms with E-state index in [1.165, 1.54) is 0 Å². The second-order valence-electron chi connectivity index (χ2n) is 8.12. The lowest BCUT2D eigenvalue weighted by molar-refractivity contribution is 0.0240. The topological polar surface area (TPSA) is 54.9 Å². The summed E-state index contributed by atoms with van der Waals surface area (Å²) in [5.41, 5.74) is 0.645. The van der Waals surface area contributed by atoms with E-state index in [0.29, 0.717) is 25.1 Å². The van der Waals surface area contributed by atoms with E-state index >= 15 is 0 Å². The molecule has 1 aromatic rings. The monoisotopic (exact) mass is 347 g/mol. The normalized spacial score (nSPS) is 23.8. The summed E-state index contributed by atoms with van der Waals surface area (Å²) in [6, 6.07) is 4.01. The predicted molar refractivity (Wildman–Crippen MR) is 97.1 cm³/mol. The van der Waals surface area contributed by atoms with Gasteiger partial charge in [0.15, 0.2) is 0 Å². The minimum atomic E-state index is -0.454. The Kier molecular flexibility index (Phi) is 5.06. The molecule has 1 aliphatic heterocycles. The first-order valence-electron chi connectivity index (χ1n) is 9.16. The number of carbonyl (C=O) groups excluding carboxylic acids is 1. The molecule has 6 nitrogen and oxygen atoms in total. The molecule has 0 bridgehead atoms. The lowest BCUT2D eigenvalue weighted by Gasteiger charge is -2.37. The fourth-order valence-corrected chi connectivity index (χ4v) is 3.23. The van der Waals surface area contributed by atoms with E-state index < -0.39 is 5.60 Å². The van der Waals surface area contributed by atoms with Crippen molar-refractivity contribution >= 4 is 11.8 Å². The van der Waals surface area contributed by atoms with Crippen LogP contribution in [0.25, 0.3) is 0 Å². The summed E-state index contributed by atoms with van der Waals surface area (Å²) in [5, 5.41) is 0. The molecule has 0 atom stereocenters. The summed E-state index contributed by atoms with van der Waals surface area (Å²) in [5.74, 6) is 1.46. The van der Waals surface area contributed by atoms with Gasteiger partial charge in [-0.25, -0.2) is 9.78 Å². The van der Waals surface area contributed by atoms with Gasteiger partial charge in [0.25, 0.3) is 0 Å². The van der Waals surface area contributed by atoms with Gasteiger partial charge >= 0.3 is 6.09 Å². The minimum absolute atomic E-state index is 0.231. The zero-order valence-corrected chi connectivity index (χ0v) is 15.7. The van der Waals surface area contributed by atoms with Crippen molar-refractivity contribution in [2.24, 2.45) is 5.92 Å². The Hall–Kier alpha value is -1.98. The summed E-state index contributed by atoms with van der Waals surface area (Å²) < 4.78 is 11.4. The first kappa shape index (κ1) is 17.8. The number of amides is 1. The van der Waals surface area contributed by atoms with E-state index in [9.17, 15) is 4.79 Å². The standard InChI is InChI=1S/C19H29N3O3/c1-14-11-16(12-14)24-17-13-15(5-6-20-17)21-7-9-22(10-8-21)18(23)25-19(2,3)4/h5-6,13-14,16H,7-12H2,1-4H3. The average Bonchev–Trinajstić information content (AvgIpc) is 2.52. The zero-order valence-electron chi connectivity index (χ0n) is 15.7. The summed E-state index contributed by atoms with van der Waals surface area (Å²) in [7, 11) is 0. The van der Waals surface area contributed by atoms with Gasteiger partial charge in [-0.3, -0.25) is 0 Å². The Balaban J connectivity index is 1.53. The van der Waals surface area contributed by atoms with Gasteiger partial charge in [-0.05, 0) is 45.6 Å². The van der Waals surface area contributed by atoms with Crippen LogP contribution in [0.15, 0.2) is 18.3 Å². The largest absolute Gasteiger partial charge is 0.474 e. The van der Waals surface area contributed by atoms with Crippen molar-refractivity contribution in [3.05, 3.63) is 18.3 Å². The smallest absolute Gasteiger partial charge is 0.410 e. The van der Waals surface area contributed by atoms with Crippen LogP contribution in [0, 0.1) is 5.92 Å². The maximum absolute atomic E-state index is 12.2. The summed E-state index contributed by atoms with van der Waals surface area (Å²) in [4.78, 5) is 20.5. The fraction of sp³-hybridized carbons (Fsp3) is 0.684. The third kappa shape index (κ3) is 4.77. The molecule has 1 saturated heterocycles. The molecule has 2 aliphatic rings. The highest BCUT2D eigenvalue weighted by atomic mass is 16.6. The zero-order chi connectivity index (χ0) is 18.0. The van der Waals surface area contributed by atoms with Crippen LogP contribution in [0.1, 0.15) is 40.5 Å². The van der Waals surface area contributed by atoms with E-state index in [-0.39, 0.29) is 6.09 Å². The van der Waals surface area contributed by atoms with E-state index in [4.69, 9.17) is 9.47 Å². The van der Waals surface area contributed by atoms with Crippen molar-refractivity contribution in [2.75, 3.05) is 31.1 Å². The van der Waals surface area contributed by atoms with Crippen molar-refractivity contribution in [3.63, 3.8) is 0 Å². The molecule has 0 aromatic carbocycles. The molecule has 2 heterocycles. The van der Waals surface area contributed by atoms with Crippen LogP contribution in [0.2, 0.25) is 0 Å². The number of piperazine rings is 1. The number of rotatable bonds is 3. The number of aromatic nitrogens is 1. The van der Waals surface area contributed by atoms with Crippen molar-refractivity contribution in [1.82, 2.24) is 9.88 Å². The lowest BCUT2D eigenvalue weighted by Crippen LogP contribution is -2.50. The maximum atomic E-state index is 12.2. The number of hydrogen-bond donors (Lipinski definition) is 0. The molecule has 2 fully saturated rings. The third-order valence-corrected chi connectivity index (χ3v) is 4.63. The first-order valence-corrected chi connectivity index (χ1v) is 9.16. The predicted octanol–water partition coefficient (Wildman–Crippen LogP) is 3.32. The third-order valence-electron chi connectivity index (χ3n) is 4.63. The molecular formula is C19H29N3O3. The Labute approximate surface area is 150 Å². The van der Waals surface area contributed by atoms with Gasteiger partial charge in [-0.1, -0.05) is 6.92 Å². The van der Waals surface area contributed by atoms with E-state index in [1.54, 1.807) is 11.1 Å². The Morgan fingerprint density at radius 2 is 1.88 bits per heavy atom. The van der Waals surface area contributed by atoms with Gasteiger partial charge in [0.2, 0.25) is 5.88 Å². The number of ether oxygens (including phenoxy) is 2. The summed E-state index contributed by atoms with van der Waals surface area (Å²) in [6.07, 6.45) is 4.10. The molecule has 25 heavy (non-hydrogen) atoms. The van der Waals surface area contributed by atoms with Gasteiger partial charge in [-0.2, -0.15) is 0 Å². The molecule has 1 aromatic heterocycles. The van der Waals surface area contributed by atoms with Gasteiger partial charge in [0.05, 0.1) is 0 Å². The Morgan fingerprint density at radius 1 is 1.20 bits per heavy atom. The van der Waals surface area contributed by atoms with Crippen LogP contribution in [-0.2, 0) is 4.74 Å². The van der Waals surface area contributed by atoms with E-state index in [0.717, 1.165) is 37.5 Å². The van der Waals surface area contributed by atoms with Crippen molar-refractivity contribution in [3.8, 4) is 5.88 Å². The van der Waals surface area contributed by atoms with Crippen LogP contribution < -0.4 is 9.64 Å². The average molecular weight is 347 g/mol. The molecule has 1 aliphatic carbocycles. The van der Waals surface area contributed by atoms with Crippen LogP contribution in [0.3, 0.4) is 0 Å². The minimum Gasteiger partial charge on any atom is -0.474 e. The first-order chi connectivity index (χ1) is 11.8. The summed E-state index contributed by atoms with van der Waals surface area (Å²) in [6.45, 7) is 10.8. The molecule has 6 heteroatoms. The van der Waals surface area contributed by atoms with Gasteiger partial charge in [0.1, 0.15) is 11.7 Å². The van der Waals surface area contributed by atoms with Gasteiger partial charge in [0, 0.05) is 44.1 Å². The lowest BCUT2D eigenvalue weighted by atomic mass is 9.84. The number of pyridine rings is 1. The number of hydrogen-bond acceptors (Lipinski definition) is 5. The molecule has 3 rings (SSSR count). The molecular weight excluding hydrogens is 318 g/mol. The number of anilines is 1. The van der Waals surface area contributed by atoms with Crippen LogP contribution >= 0.6 is 0 Å². The molecule has 1 amide bonds. The molecule has 0 unspecified atom stereocenters. The molecule has 0 spiro atoms. The Bertz CT molecular complexity index is 600. The van der Waals surface area contributed by atoms with Crippen LogP contribution in [0.5, 0.6) is 5.88 Å². The summed E-state index contributed by atoms with van der Waals surface area (Å²) >= 11 is 0. The highest BCUT2D eigenvalue weighted by Crippen LogP contribution is 2.31. The highest BCUT2D eigenvalue weighted by Gasteiger charge is 2.28. The quantitative estimate of drug-likeness (QED) is 0.839. The maximum Gasteiger partial charge on any atom is 0.410 e. The van der Waals surface area contributed by atoms with Crippen LogP contribution in [-0.4, -0.2) is 53.9 Å². The second-order valence-corrected chi connectivity index (χ2v) is 8.12. The van der Waals surface area contributed by atoms with Gasteiger partial charge in [-0.15, -0.1) is 0 Å². The van der Waals surface area contributed by atoms with Crippen molar-refractivity contribution in [1.29, 1.82) is 0 Å². The van der Waals surface area contributed by atoms with Crippen molar-refractivity contribution < 1.29 is 14.3 Å². The molecule has 0 N–H and O–H groups in total. The number of carbonyl (C=O) groups is 1. The molecule has 0 radical (unpaired) electrons. The van der Waals surface area contributed by atoms with Crippen LogP contribution in [0.4, 0.5) is 10.5 Å². The Morgan fingerprint density at radius 3 is 2.48 bits per heavy atom. The molecule has 1 saturated carbocycles. The van der Waals surface area contributed by atoms with Gasteiger partial charge < -0.3 is 19.3 Å². The number of nitrogens with zero attached hydrogens (tertiary/aromatic N) is 3.